The highest BCUT2D eigenvalue weighted by Crippen LogP contribution is 2.34. The Hall–Kier alpha value is -5.71. The van der Waals surface area contributed by atoms with Crippen molar-refractivity contribution in [1.29, 1.82) is 0 Å². The molecule has 2 aromatic heterocycles. The van der Waals surface area contributed by atoms with E-state index in [9.17, 15) is 32.3 Å². The van der Waals surface area contributed by atoms with E-state index in [1.807, 2.05) is 27.7 Å². The molecule has 0 aliphatic carbocycles. The van der Waals surface area contributed by atoms with E-state index in [1.165, 1.54) is 13.2 Å². The Labute approximate surface area is 328 Å². The zero-order chi connectivity index (χ0) is 40.7. The first-order valence-corrected chi connectivity index (χ1v) is 18.9. The van der Waals surface area contributed by atoms with Gasteiger partial charge in [0.05, 0.1) is 37.2 Å². The van der Waals surface area contributed by atoms with Crippen LogP contribution in [0.25, 0.3) is 10.9 Å². The Morgan fingerprint density at radius 2 is 1.70 bits per heavy atom. The summed E-state index contributed by atoms with van der Waals surface area (Å²) < 4.78 is 52.4. The van der Waals surface area contributed by atoms with Gasteiger partial charge in [0.2, 0.25) is 12.3 Å². The predicted octanol–water partition coefficient (Wildman–Crippen LogP) is 5.40. The molecule has 2 fully saturated rings. The van der Waals surface area contributed by atoms with Crippen molar-refractivity contribution in [2.75, 3.05) is 70.8 Å². The van der Waals surface area contributed by atoms with Crippen LogP contribution in [-0.4, -0.2) is 109 Å². The van der Waals surface area contributed by atoms with Crippen LogP contribution in [0.2, 0.25) is 0 Å². The standard InChI is InChI=1S/C40H47F3N8O6/c1-48(15-14-37(53)44-25-52)33-22-27(7-8-34(33)56-2)39(55)50-19-10-26(11-20-50)9-16-49-17-12-29(13-18-49)51-24-28-21-32(35(57-3)23-31(28)47-51)46-38(54)30-5-4-6-36(45-30)40(41,42)43/h4-8,21-26,29H,9-20H2,1-3H3,(H,46,54)(H,44,52,53). The first-order chi connectivity index (χ1) is 27.4. The number of benzene rings is 2. The average Bonchev–Trinajstić information content (AvgIpc) is 3.64. The number of carbonyl (C=O) groups excluding carboxylic acids is 4. The summed E-state index contributed by atoms with van der Waals surface area (Å²) in [5.74, 6) is 0.223. The molecule has 2 aliphatic heterocycles. The van der Waals surface area contributed by atoms with Gasteiger partial charge in [-0.15, -0.1) is 0 Å². The van der Waals surface area contributed by atoms with E-state index in [2.05, 4.69) is 20.5 Å². The maximum atomic E-state index is 13.5. The number of ether oxygens (including phenoxy) is 2. The lowest BCUT2D eigenvalue weighted by molar-refractivity contribution is -0.141. The van der Waals surface area contributed by atoms with E-state index in [1.54, 1.807) is 37.4 Å². The molecule has 0 saturated carbocycles. The number of pyridine rings is 1. The number of hydrogen-bond donors (Lipinski definition) is 2. The summed E-state index contributed by atoms with van der Waals surface area (Å²) >= 11 is 0. The molecule has 0 spiro atoms. The minimum Gasteiger partial charge on any atom is -0.495 e. The Morgan fingerprint density at radius 3 is 2.39 bits per heavy atom. The smallest absolute Gasteiger partial charge is 0.433 e. The fourth-order valence-electron chi connectivity index (χ4n) is 7.46. The second-order valence-electron chi connectivity index (χ2n) is 14.4. The van der Waals surface area contributed by atoms with Gasteiger partial charge in [0.15, 0.2) is 0 Å². The van der Waals surface area contributed by atoms with Gasteiger partial charge < -0.3 is 29.5 Å². The second-order valence-corrected chi connectivity index (χ2v) is 14.4. The summed E-state index contributed by atoms with van der Waals surface area (Å²) in [7, 11) is 4.81. The summed E-state index contributed by atoms with van der Waals surface area (Å²) in [5, 5.41) is 10.3. The molecule has 304 valence electrons. The van der Waals surface area contributed by atoms with Gasteiger partial charge in [-0.3, -0.25) is 29.2 Å². The van der Waals surface area contributed by atoms with Crippen LogP contribution in [0.4, 0.5) is 24.5 Å². The van der Waals surface area contributed by atoms with E-state index < -0.39 is 17.8 Å². The Morgan fingerprint density at radius 1 is 0.965 bits per heavy atom. The molecule has 0 atom stereocenters. The fraction of sp³-hybridized carbons (Fsp3) is 0.450. The van der Waals surface area contributed by atoms with Crippen molar-refractivity contribution in [2.45, 2.75) is 50.7 Å². The monoisotopic (exact) mass is 792 g/mol. The summed E-state index contributed by atoms with van der Waals surface area (Å²) in [5.41, 5.74) is 0.707. The van der Waals surface area contributed by atoms with E-state index in [-0.39, 0.29) is 30.0 Å². The van der Waals surface area contributed by atoms with Crippen molar-refractivity contribution in [3.05, 3.63) is 71.7 Å². The number of aromatic nitrogens is 3. The zero-order valence-electron chi connectivity index (χ0n) is 32.2. The summed E-state index contributed by atoms with van der Waals surface area (Å²) in [6, 6.07) is 12.1. The lowest BCUT2D eigenvalue weighted by Crippen LogP contribution is -2.40. The van der Waals surface area contributed by atoms with E-state index >= 15 is 0 Å². The summed E-state index contributed by atoms with van der Waals surface area (Å²) in [4.78, 5) is 58.4. The lowest BCUT2D eigenvalue weighted by Gasteiger charge is -2.35. The fourth-order valence-corrected chi connectivity index (χ4v) is 7.46. The number of rotatable bonds is 14. The van der Waals surface area contributed by atoms with Crippen LogP contribution in [0.1, 0.15) is 71.1 Å². The van der Waals surface area contributed by atoms with Crippen LogP contribution in [-0.2, 0) is 15.8 Å². The number of fused-ring (bicyclic) bond motifs is 1. The van der Waals surface area contributed by atoms with Crippen LogP contribution >= 0.6 is 0 Å². The Balaban J connectivity index is 0.974. The molecule has 2 aliphatic rings. The lowest BCUT2D eigenvalue weighted by atomic mass is 9.92. The Bertz CT molecular complexity index is 2080. The molecule has 14 nitrogen and oxygen atoms in total. The highest BCUT2D eigenvalue weighted by molar-refractivity contribution is 6.05. The van der Waals surface area contributed by atoms with Crippen LogP contribution < -0.4 is 25.0 Å². The van der Waals surface area contributed by atoms with Crippen molar-refractivity contribution < 1.29 is 41.8 Å². The zero-order valence-corrected chi connectivity index (χ0v) is 32.2. The minimum absolute atomic E-state index is 0.0373. The molecule has 4 amide bonds. The third kappa shape index (κ3) is 10.0. The molecule has 6 rings (SSSR count). The molecular formula is C40H47F3N8O6. The van der Waals surface area contributed by atoms with E-state index in [0.29, 0.717) is 65.9 Å². The first-order valence-electron chi connectivity index (χ1n) is 18.9. The number of carbonyl (C=O) groups is 4. The van der Waals surface area contributed by atoms with E-state index in [0.717, 1.165) is 69.3 Å². The van der Waals surface area contributed by atoms with E-state index in [4.69, 9.17) is 14.6 Å². The van der Waals surface area contributed by atoms with Gasteiger partial charge in [-0.05, 0) is 81.0 Å². The SMILES string of the molecule is COc1cc2nn(C3CCN(CCC4CCN(C(=O)c5ccc(OC)c(N(C)CCC(=O)NC=O)c5)CC4)CC3)cc2cc1NC(=O)c1cccc(C(F)(F)F)n1. The van der Waals surface area contributed by atoms with Gasteiger partial charge in [-0.1, -0.05) is 6.07 Å². The average molecular weight is 793 g/mol. The number of likely N-dealkylation sites (tertiary alicyclic amines) is 2. The van der Waals surface area contributed by atoms with Crippen LogP contribution in [0.3, 0.4) is 0 Å². The number of nitrogens with zero attached hydrogens (tertiary/aromatic N) is 6. The van der Waals surface area contributed by atoms with Crippen LogP contribution in [0, 0.1) is 5.92 Å². The van der Waals surface area contributed by atoms with Crippen molar-refractivity contribution in [3.63, 3.8) is 0 Å². The van der Waals surface area contributed by atoms with Gasteiger partial charge in [-0.2, -0.15) is 18.3 Å². The number of alkyl halides is 3. The maximum absolute atomic E-state index is 13.5. The number of imide groups is 1. The number of halogens is 3. The largest absolute Gasteiger partial charge is 0.495 e. The molecule has 4 heterocycles. The van der Waals surface area contributed by atoms with Crippen molar-refractivity contribution in [1.82, 2.24) is 29.9 Å². The van der Waals surface area contributed by atoms with Gasteiger partial charge in [0, 0.05) is 69.4 Å². The van der Waals surface area contributed by atoms with Crippen LogP contribution in [0.15, 0.2) is 54.7 Å². The molecule has 4 aromatic rings. The van der Waals surface area contributed by atoms with Gasteiger partial charge in [0.1, 0.15) is 22.9 Å². The number of anilines is 2. The molecular weight excluding hydrogens is 745 g/mol. The predicted molar refractivity (Wildman–Crippen MR) is 207 cm³/mol. The highest BCUT2D eigenvalue weighted by Gasteiger charge is 2.33. The Kier molecular flexibility index (Phi) is 13.0. The molecule has 0 bridgehead atoms. The summed E-state index contributed by atoms with van der Waals surface area (Å²) in [6.45, 7) is 4.52. The molecule has 0 unspecified atom stereocenters. The maximum Gasteiger partial charge on any atom is 0.433 e. The van der Waals surface area contributed by atoms with Crippen molar-refractivity contribution in [2.24, 2.45) is 5.92 Å². The molecule has 17 heteroatoms. The molecule has 2 N–H and O–H groups in total. The third-order valence-electron chi connectivity index (χ3n) is 10.8. The quantitative estimate of drug-likeness (QED) is 0.159. The normalized spacial score (nSPS) is 15.6. The number of piperidine rings is 2. The van der Waals surface area contributed by atoms with Crippen molar-refractivity contribution >= 4 is 46.4 Å². The number of hydrogen-bond acceptors (Lipinski definition) is 10. The second kappa shape index (κ2) is 18.0. The third-order valence-corrected chi connectivity index (χ3v) is 10.8. The van der Waals surface area contributed by atoms with Gasteiger partial charge >= 0.3 is 6.18 Å². The minimum atomic E-state index is -4.67. The van der Waals surface area contributed by atoms with Crippen LogP contribution in [0.5, 0.6) is 11.5 Å². The molecule has 57 heavy (non-hydrogen) atoms. The topological polar surface area (TPSA) is 151 Å². The molecule has 2 aromatic carbocycles. The molecule has 0 radical (unpaired) electrons. The number of methoxy groups -OCH3 is 2. The number of nitrogens with one attached hydrogen (secondary N) is 2. The molecule has 2 saturated heterocycles. The van der Waals surface area contributed by atoms with Crippen molar-refractivity contribution in [3.8, 4) is 11.5 Å². The summed E-state index contributed by atoms with van der Waals surface area (Å²) in [6.07, 6.45) is 2.46. The highest BCUT2D eigenvalue weighted by atomic mass is 19.4. The number of amides is 4. The first kappa shape index (κ1) is 40.9. The van der Waals surface area contributed by atoms with Gasteiger partial charge in [0.25, 0.3) is 11.8 Å². The van der Waals surface area contributed by atoms with Gasteiger partial charge in [-0.25, -0.2) is 4.98 Å².